The average molecular weight is 358 g/mol. The number of fused-ring (bicyclic) bond motifs is 1. The summed E-state index contributed by atoms with van der Waals surface area (Å²) in [5, 5.41) is 7.95. The highest BCUT2D eigenvalue weighted by molar-refractivity contribution is 6.30. The number of hydrogen-bond donors (Lipinski definition) is 1. The molecule has 1 N–H and O–H groups in total. The van der Waals surface area contributed by atoms with Crippen LogP contribution in [0.5, 0.6) is 0 Å². The summed E-state index contributed by atoms with van der Waals surface area (Å²) in [5.74, 6) is 1.41. The first kappa shape index (κ1) is 17.4. The van der Waals surface area contributed by atoms with E-state index in [-0.39, 0.29) is 18.2 Å². The quantitative estimate of drug-likeness (QED) is 0.772. The van der Waals surface area contributed by atoms with Crippen molar-refractivity contribution in [2.24, 2.45) is 0 Å². The van der Waals surface area contributed by atoms with Gasteiger partial charge < -0.3 is 5.32 Å². The maximum absolute atomic E-state index is 12.4. The zero-order chi connectivity index (χ0) is 18.1. The molecule has 25 heavy (non-hydrogen) atoms. The minimum Gasteiger partial charge on any atom is -0.326 e. The number of hydrogen-bond acceptors (Lipinski definition) is 4. The van der Waals surface area contributed by atoms with Crippen molar-refractivity contribution in [1.29, 1.82) is 0 Å². The fourth-order valence-corrected chi connectivity index (χ4v) is 2.85. The number of carbonyl (C=O) groups excluding carboxylic acids is 1. The van der Waals surface area contributed by atoms with Gasteiger partial charge in [0.1, 0.15) is 0 Å². The molecule has 3 aromatic rings. The second kappa shape index (κ2) is 6.80. The molecule has 2 aromatic heterocycles. The Morgan fingerprint density at radius 1 is 1.28 bits per heavy atom. The monoisotopic (exact) mass is 357 g/mol. The number of anilines is 1. The first-order chi connectivity index (χ1) is 11.8. The van der Waals surface area contributed by atoms with Crippen molar-refractivity contribution in [3.63, 3.8) is 0 Å². The fraction of sp³-hybridized carbons (Fsp3) is 0.333. The van der Waals surface area contributed by atoms with E-state index in [1.54, 1.807) is 28.8 Å². The molecule has 0 aliphatic rings. The molecule has 0 saturated carbocycles. The molecular weight excluding hydrogens is 338 g/mol. The molecule has 1 amide bonds. The lowest BCUT2D eigenvalue weighted by Gasteiger charge is -2.11. The lowest BCUT2D eigenvalue weighted by atomic mass is 10.1. The van der Waals surface area contributed by atoms with Crippen LogP contribution in [-0.2, 0) is 11.2 Å². The van der Waals surface area contributed by atoms with E-state index in [9.17, 15) is 4.79 Å². The molecule has 0 spiro atoms. The summed E-state index contributed by atoms with van der Waals surface area (Å²) in [6.07, 6.45) is 0.212. The summed E-state index contributed by atoms with van der Waals surface area (Å²) >= 11 is 5.95. The fourth-order valence-electron chi connectivity index (χ4n) is 2.66. The summed E-state index contributed by atoms with van der Waals surface area (Å²) in [6, 6.07) is 7.08. The predicted octanol–water partition coefficient (Wildman–Crippen LogP) is 3.70. The summed E-state index contributed by atoms with van der Waals surface area (Å²) in [4.78, 5) is 21.4. The Hall–Kier alpha value is -2.47. The Morgan fingerprint density at radius 3 is 2.72 bits per heavy atom. The highest BCUT2D eigenvalue weighted by Crippen LogP contribution is 2.19. The van der Waals surface area contributed by atoms with Gasteiger partial charge in [0, 0.05) is 33.6 Å². The minimum absolute atomic E-state index is 0.126. The maximum atomic E-state index is 12.4. The van der Waals surface area contributed by atoms with Crippen molar-refractivity contribution in [1.82, 2.24) is 19.6 Å². The smallest absolute Gasteiger partial charge is 0.252 e. The standard InChI is InChI=1S/C18H20ClN5O/c1-10(2)17-22-18-20-11(3)15(12(4)24(18)23-17)9-16(25)21-14-7-5-6-13(19)8-14/h5-8,10H,9H2,1-4H3,(H,21,25). The normalized spacial score (nSPS) is 11.3. The molecule has 0 saturated heterocycles. The highest BCUT2D eigenvalue weighted by atomic mass is 35.5. The first-order valence-corrected chi connectivity index (χ1v) is 8.51. The highest BCUT2D eigenvalue weighted by Gasteiger charge is 2.17. The number of nitrogens with one attached hydrogen (secondary N) is 1. The van der Waals surface area contributed by atoms with Crippen LogP contribution in [0, 0.1) is 13.8 Å². The first-order valence-electron chi connectivity index (χ1n) is 8.13. The predicted molar refractivity (Wildman–Crippen MR) is 98.1 cm³/mol. The number of carbonyl (C=O) groups is 1. The number of rotatable bonds is 4. The van der Waals surface area contributed by atoms with Gasteiger partial charge in [0.05, 0.1) is 6.42 Å². The van der Waals surface area contributed by atoms with Crippen molar-refractivity contribution in [2.75, 3.05) is 5.32 Å². The summed E-state index contributed by atoms with van der Waals surface area (Å²) < 4.78 is 1.71. The molecule has 2 heterocycles. The van der Waals surface area contributed by atoms with Crippen LogP contribution in [0.3, 0.4) is 0 Å². The third-order valence-corrected chi connectivity index (χ3v) is 4.26. The molecule has 0 radical (unpaired) electrons. The van der Waals surface area contributed by atoms with Crippen molar-refractivity contribution in [3.8, 4) is 0 Å². The van der Waals surface area contributed by atoms with Crippen LogP contribution in [0.1, 0.15) is 42.5 Å². The van der Waals surface area contributed by atoms with Gasteiger partial charge >= 0.3 is 0 Å². The zero-order valence-corrected chi connectivity index (χ0v) is 15.4. The summed E-state index contributed by atoms with van der Waals surface area (Å²) in [6.45, 7) is 7.90. The van der Waals surface area contributed by atoms with Gasteiger partial charge in [-0.05, 0) is 32.0 Å². The Balaban J connectivity index is 1.88. The number of nitrogens with zero attached hydrogens (tertiary/aromatic N) is 4. The van der Waals surface area contributed by atoms with Gasteiger partial charge in [0.2, 0.25) is 5.91 Å². The van der Waals surface area contributed by atoms with Gasteiger partial charge in [-0.15, -0.1) is 5.10 Å². The lowest BCUT2D eigenvalue weighted by Crippen LogP contribution is -2.17. The Morgan fingerprint density at radius 2 is 2.04 bits per heavy atom. The third kappa shape index (κ3) is 3.64. The number of amides is 1. The third-order valence-electron chi connectivity index (χ3n) is 4.03. The second-order valence-corrected chi connectivity index (χ2v) is 6.77. The average Bonchev–Trinajstić information content (AvgIpc) is 2.96. The summed E-state index contributed by atoms with van der Waals surface area (Å²) in [5.41, 5.74) is 3.19. The molecule has 0 fully saturated rings. The van der Waals surface area contributed by atoms with Crippen LogP contribution in [0.25, 0.3) is 5.78 Å². The molecule has 0 bridgehead atoms. The molecule has 7 heteroatoms. The molecule has 1 aromatic carbocycles. The van der Waals surface area contributed by atoms with Crippen molar-refractivity contribution < 1.29 is 4.79 Å². The summed E-state index contributed by atoms with van der Waals surface area (Å²) in [7, 11) is 0. The van der Waals surface area contributed by atoms with E-state index >= 15 is 0 Å². The van der Waals surface area contributed by atoms with E-state index in [0.717, 1.165) is 22.8 Å². The molecular formula is C18H20ClN5O. The van der Waals surface area contributed by atoms with Gasteiger partial charge in [-0.1, -0.05) is 31.5 Å². The van der Waals surface area contributed by atoms with Crippen LogP contribution < -0.4 is 5.32 Å². The van der Waals surface area contributed by atoms with Crippen molar-refractivity contribution in [3.05, 3.63) is 52.1 Å². The van der Waals surface area contributed by atoms with E-state index < -0.39 is 0 Å². The Labute approximate surface area is 151 Å². The maximum Gasteiger partial charge on any atom is 0.252 e. The molecule has 130 valence electrons. The molecule has 3 rings (SSSR count). The van der Waals surface area contributed by atoms with E-state index in [0.29, 0.717) is 16.5 Å². The Kier molecular flexibility index (Phi) is 4.72. The molecule has 0 aliphatic carbocycles. The van der Waals surface area contributed by atoms with Gasteiger partial charge in [0.25, 0.3) is 5.78 Å². The van der Waals surface area contributed by atoms with Crippen LogP contribution in [-0.4, -0.2) is 25.5 Å². The van der Waals surface area contributed by atoms with E-state index in [2.05, 4.69) is 20.4 Å². The van der Waals surface area contributed by atoms with Crippen LogP contribution >= 0.6 is 11.6 Å². The van der Waals surface area contributed by atoms with E-state index in [4.69, 9.17) is 11.6 Å². The SMILES string of the molecule is Cc1nc2nc(C(C)C)nn2c(C)c1CC(=O)Nc1cccc(Cl)c1. The van der Waals surface area contributed by atoms with Crippen molar-refractivity contribution in [2.45, 2.75) is 40.0 Å². The van der Waals surface area contributed by atoms with Gasteiger partial charge in [0.15, 0.2) is 5.82 Å². The largest absolute Gasteiger partial charge is 0.326 e. The number of halogens is 1. The number of aromatic nitrogens is 4. The molecule has 0 aliphatic heterocycles. The lowest BCUT2D eigenvalue weighted by molar-refractivity contribution is -0.115. The minimum atomic E-state index is -0.126. The molecule has 0 atom stereocenters. The number of benzene rings is 1. The number of aryl methyl sites for hydroxylation is 2. The molecule has 6 nitrogen and oxygen atoms in total. The van der Waals surface area contributed by atoms with Crippen molar-refractivity contribution >= 4 is 29.0 Å². The van der Waals surface area contributed by atoms with Crippen LogP contribution in [0.4, 0.5) is 5.69 Å². The van der Waals surface area contributed by atoms with E-state index in [1.165, 1.54) is 0 Å². The molecule has 0 unspecified atom stereocenters. The van der Waals surface area contributed by atoms with E-state index in [1.807, 2.05) is 27.7 Å². The van der Waals surface area contributed by atoms with Crippen LogP contribution in [0.2, 0.25) is 5.02 Å². The van der Waals surface area contributed by atoms with Gasteiger partial charge in [-0.3, -0.25) is 4.79 Å². The topological polar surface area (TPSA) is 72.2 Å². The van der Waals surface area contributed by atoms with Gasteiger partial charge in [-0.2, -0.15) is 4.98 Å². The zero-order valence-electron chi connectivity index (χ0n) is 14.7. The van der Waals surface area contributed by atoms with Crippen LogP contribution in [0.15, 0.2) is 24.3 Å². The second-order valence-electron chi connectivity index (χ2n) is 6.33. The van der Waals surface area contributed by atoms with Gasteiger partial charge in [-0.25, -0.2) is 9.50 Å². The Bertz CT molecular complexity index is 948.